The molecular formula is C8H8ClN5. The summed E-state index contributed by atoms with van der Waals surface area (Å²) in [7, 11) is 1.80. The Balaban J connectivity index is 2.62. The summed E-state index contributed by atoms with van der Waals surface area (Å²) in [6.45, 7) is 0. The number of nitrogens with zero attached hydrogens (tertiary/aromatic N) is 4. The van der Waals surface area contributed by atoms with E-state index in [0.717, 1.165) is 5.69 Å². The molecule has 5 nitrogen and oxygen atoms in total. The molecule has 0 aliphatic carbocycles. The normalized spacial score (nSPS) is 10.4. The minimum absolute atomic E-state index is 0.315. The maximum absolute atomic E-state index is 5.73. The smallest absolute Gasteiger partial charge is 0.151 e. The van der Waals surface area contributed by atoms with E-state index in [-0.39, 0.29) is 0 Å². The van der Waals surface area contributed by atoms with Gasteiger partial charge in [-0.25, -0.2) is 9.97 Å². The second kappa shape index (κ2) is 3.26. The fourth-order valence-corrected chi connectivity index (χ4v) is 1.30. The Morgan fingerprint density at radius 3 is 2.93 bits per heavy atom. The molecule has 2 aromatic rings. The molecule has 2 N–H and O–H groups in total. The summed E-state index contributed by atoms with van der Waals surface area (Å²) < 4.78 is 1.66. The molecule has 0 fully saturated rings. The Morgan fingerprint density at radius 2 is 2.29 bits per heavy atom. The van der Waals surface area contributed by atoms with E-state index in [0.29, 0.717) is 16.7 Å². The van der Waals surface area contributed by atoms with Gasteiger partial charge in [0.05, 0.1) is 11.9 Å². The van der Waals surface area contributed by atoms with Gasteiger partial charge in [0.1, 0.15) is 10.8 Å². The van der Waals surface area contributed by atoms with Crippen molar-refractivity contribution in [3.63, 3.8) is 0 Å². The topological polar surface area (TPSA) is 69.6 Å². The second-order valence-electron chi connectivity index (χ2n) is 2.77. The zero-order valence-electron chi connectivity index (χ0n) is 7.48. The third-order valence-electron chi connectivity index (χ3n) is 1.83. The first-order valence-electron chi connectivity index (χ1n) is 3.95. The molecular weight excluding hydrogens is 202 g/mol. The predicted octanol–water partition coefficient (Wildman–Crippen LogP) is 1.11. The molecule has 0 aromatic carbocycles. The van der Waals surface area contributed by atoms with E-state index in [1.54, 1.807) is 24.0 Å². The summed E-state index contributed by atoms with van der Waals surface area (Å²) >= 11 is 5.73. The van der Waals surface area contributed by atoms with E-state index in [9.17, 15) is 0 Å². The molecule has 2 rings (SSSR count). The van der Waals surface area contributed by atoms with Crippen LogP contribution in [0, 0.1) is 0 Å². The lowest BCUT2D eigenvalue weighted by molar-refractivity contribution is 0.773. The van der Waals surface area contributed by atoms with E-state index < -0.39 is 0 Å². The first-order chi connectivity index (χ1) is 6.68. The van der Waals surface area contributed by atoms with Crippen molar-refractivity contribution in [3.8, 4) is 11.4 Å². The van der Waals surface area contributed by atoms with Gasteiger partial charge in [-0.15, -0.1) is 0 Å². The minimum atomic E-state index is 0.315. The van der Waals surface area contributed by atoms with Crippen molar-refractivity contribution in [2.24, 2.45) is 7.05 Å². The zero-order valence-corrected chi connectivity index (χ0v) is 8.23. The lowest BCUT2D eigenvalue weighted by Gasteiger charge is -2.03. The molecule has 0 unspecified atom stereocenters. The third-order valence-corrected chi connectivity index (χ3v) is 2.02. The minimum Gasteiger partial charge on any atom is -0.382 e. The van der Waals surface area contributed by atoms with Crippen molar-refractivity contribution in [2.75, 3.05) is 5.73 Å². The molecule has 0 aliphatic heterocycles. The number of nitrogen functional groups attached to an aromatic ring is 1. The highest BCUT2D eigenvalue weighted by atomic mass is 35.5. The van der Waals surface area contributed by atoms with Gasteiger partial charge in [-0.3, -0.25) is 4.68 Å². The van der Waals surface area contributed by atoms with Crippen LogP contribution in [0.5, 0.6) is 0 Å². The number of hydrogen-bond acceptors (Lipinski definition) is 4. The van der Waals surface area contributed by atoms with Crippen LogP contribution in [0.25, 0.3) is 11.4 Å². The van der Waals surface area contributed by atoms with Gasteiger partial charge in [-0.2, -0.15) is 5.10 Å². The Labute approximate surface area is 85.5 Å². The Bertz CT molecular complexity index is 465. The van der Waals surface area contributed by atoms with Crippen molar-refractivity contribution in [2.45, 2.75) is 0 Å². The molecule has 0 radical (unpaired) electrons. The van der Waals surface area contributed by atoms with Crippen LogP contribution in [0.3, 0.4) is 0 Å². The van der Waals surface area contributed by atoms with Crippen molar-refractivity contribution >= 4 is 17.4 Å². The largest absolute Gasteiger partial charge is 0.382 e. The maximum Gasteiger partial charge on any atom is 0.151 e. The monoisotopic (exact) mass is 209 g/mol. The molecule has 0 spiro atoms. The lowest BCUT2D eigenvalue weighted by Crippen LogP contribution is -2.01. The van der Waals surface area contributed by atoms with E-state index >= 15 is 0 Å². The number of nitrogens with two attached hydrogens (primary N) is 1. The molecule has 0 aliphatic rings. The Morgan fingerprint density at radius 1 is 1.50 bits per heavy atom. The fraction of sp³-hybridized carbons (Fsp3) is 0.125. The summed E-state index contributed by atoms with van der Waals surface area (Å²) in [6, 6.07) is 1.80. The summed E-state index contributed by atoms with van der Waals surface area (Å²) in [6.07, 6.45) is 3.08. The van der Waals surface area contributed by atoms with Gasteiger partial charge in [0.25, 0.3) is 0 Å². The number of rotatable bonds is 1. The van der Waals surface area contributed by atoms with Crippen LogP contribution in [0.1, 0.15) is 0 Å². The van der Waals surface area contributed by atoms with Crippen molar-refractivity contribution in [1.29, 1.82) is 0 Å². The summed E-state index contributed by atoms with van der Waals surface area (Å²) in [4.78, 5) is 8.01. The van der Waals surface area contributed by atoms with Gasteiger partial charge in [-0.1, -0.05) is 11.6 Å². The average molecular weight is 210 g/mol. The Kier molecular flexibility index (Phi) is 2.09. The maximum atomic E-state index is 5.73. The molecule has 0 saturated heterocycles. The Hall–Kier alpha value is -1.62. The highest BCUT2D eigenvalue weighted by Gasteiger charge is 2.09. The first-order valence-corrected chi connectivity index (χ1v) is 4.32. The van der Waals surface area contributed by atoms with Crippen molar-refractivity contribution in [3.05, 3.63) is 23.6 Å². The van der Waals surface area contributed by atoms with Crippen LogP contribution >= 0.6 is 11.6 Å². The number of anilines is 1. The van der Waals surface area contributed by atoms with Crippen molar-refractivity contribution < 1.29 is 0 Å². The summed E-state index contributed by atoms with van der Waals surface area (Å²) in [5.74, 6) is 0.345. The predicted molar refractivity (Wildman–Crippen MR) is 53.7 cm³/mol. The van der Waals surface area contributed by atoms with Crippen LogP contribution in [0.15, 0.2) is 18.5 Å². The molecule has 14 heavy (non-hydrogen) atoms. The van der Waals surface area contributed by atoms with Gasteiger partial charge in [0.2, 0.25) is 0 Å². The standard InChI is InChI=1S/C8H8ClN5/c1-14-5(2-3-12-14)7-8(10)11-4-6(9)13-7/h2-4H,1H3,(H2,10,11). The highest BCUT2D eigenvalue weighted by molar-refractivity contribution is 6.29. The molecule has 2 aromatic heterocycles. The molecule has 0 saturated carbocycles. The quantitative estimate of drug-likeness (QED) is 0.764. The van der Waals surface area contributed by atoms with E-state index in [2.05, 4.69) is 15.1 Å². The summed E-state index contributed by atoms with van der Waals surface area (Å²) in [5, 5.41) is 4.33. The zero-order chi connectivity index (χ0) is 10.1. The van der Waals surface area contributed by atoms with Gasteiger partial charge in [0, 0.05) is 13.2 Å². The van der Waals surface area contributed by atoms with Gasteiger partial charge >= 0.3 is 0 Å². The molecule has 0 atom stereocenters. The van der Waals surface area contributed by atoms with Crippen LogP contribution in [-0.4, -0.2) is 19.7 Å². The number of aryl methyl sites for hydroxylation is 1. The van der Waals surface area contributed by atoms with Gasteiger partial charge in [0.15, 0.2) is 5.82 Å². The molecule has 0 bridgehead atoms. The summed E-state index contributed by atoms with van der Waals surface area (Å²) in [5.41, 5.74) is 7.02. The van der Waals surface area contributed by atoms with Crippen LogP contribution < -0.4 is 5.73 Å². The number of aromatic nitrogens is 4. The van der Waals surface area contributed by atoms with Crippen LogP contribution in [0.4, 0.5) is 5.82 Å². The van der Waals surface area contributed by atoms with Gasteiger partial charge < -0.3 is 5.73 Å². The van der Waals surface area contributed by atoms with E-state index in [4.69, 9.17) is 17.3 Å². The van der Waals surface area contributed by atoms with Crippen LogP contribution in [0.2, 0.25) is 5.15 Å². The van der Waals surface area contributed by atoms with Crippen LogP contribution in [-0.2, 0) is 7.05 Å². The van der Waals surface area contributed by atoms with Crippen molar-refractivity contribution in [1.82, 2.24) is 19.7 Å². The molecule has 72 valence electrons. The number of halogens is 1. The average Bonchev–Trinajstić information content (AvgIpc) is 2.56. The van der Waals surface area contributed by atoms with E-state index in [1.165, 1.54) is 6.20 Å². The lowest BCUT2D eigenvalue weighted by atomic mass is 10.3. The SMILES string of the molecule is Cn1nccc1-c1nc(Cl)cnc1N. The molecule has 0 amide bonds. The first kappa shape index (κ1) is 8.96. The highest BCUT2D eigenvalue weighted by Crippen LogP contribution is 2.22. The van der Waals surface area contributed by atoms with E-state index in [1.807, 2.05) is 0 Å². The molecule has 2 heterocycles. The third kappa shape index (κ3) is 1.42. The fourth-order valence-electron chi connectivity index (χ4n) is 1.17. The molecule has 6 heteroatoms. The number of hydrogen-bond donors (Lipinski definition) is 1. The van der Waals surface area contributed by atoms with Gasteiger partial charge in [-0.05, 0) is 6.07 Å². The second-order valence-corrected chi connectivity index (χ2v) is 3.15.